The smallest absolute Gasteiger partial charge is 0.415 e. The predicted molar refractivity (Wildman–Crippen MR) is 109 cm³/mol. The third-order valence-electron chi connectivity index (χ3n) is 5.86. The summed E-state index contributed by atoms with van der Waals surface area (Å²) in [5.74, 6) is -2.88. The molecular formula is C22H26F2N2O6. The second kappa shape index (κ2) is 7.90. The minimum Gasteiger partial charge on any atom is -0.463 e. The van der Waals surface area contributed by atoms with Crippen molar-refractivity contribution in [3.63, 3.8) is 0 Å². The van der Waals surface area contributed by atoms with Crippen molar-refractivity contribution < 1.29 is 37.4 Å². The second-order valence-corrected chi connectivity index (χ2v) is 9.29. The number of hydrogen-bond donors (Lipinski definition) is 0. The number of carbonyl (C=O) groups excluding carboxylic acids is 3. The number of piperidine rings is 1. The van der Waals surface area contributed by atoms with Crippen molar-refractivity contribution in [2.24, 2.45) is 17.8 Å². The predicted octanol–water partition coefficient (Wildman–Crippen LogP) is 2.88. The summed E-state index contributed by atoms with van der Waals surface area (Å²) in [5.41, 5.74) is -0.819. The number of nitrogens with zero attached hydrogens (tertiary/aromatic N) is 2. The Labute approximate surface area is 184 Å². The molecule has 10 heteroatoms. The molecule has 1 aromatic carbocycles. The van der Waals surface area contributed by atoms with Crippen LogP contribution in [-0.4, -0.2) is 56.0 Å². The number of cyclic esters (lactones) is 1. The Morgan fingerprint density at radius 3 is 2.22 bits per heavy atom. The number of halogens is 2. The topological polar surface area (TPSA) is 85.4 Å². The molecule has 3 aliphatic rings. The van der Waals surface area contributed by atoms with Crippen LogP contribution < -0.4 is 9.80 Å². The molecule has 1 aromatic rings. The normalized spacial score (nSPS) is 26.6. The first kappa shape index (κ1) is 22.3. The molecule has 32 heavy (non-hydrogen) atoms. The molecule has 0 radical (unpaired) electrons. The Morgan fingerprint density at radius 2 is 1.69 bits per heavy atom. The van der Waals surface area contributed by atoms with Crippen molar-refractivity contribution in [3.8, 4) is 0 Å². The Bertz CT molecular complexity index is 927. The van der Waals surface area contributed by atoms with Crippen molar-refractivity contribution in [3.05, 3.63) is 23.8 Å². The zero-order valence-electron chi connectivity index (χ0n) is 18.4. The number of esters is 2. The van der Waals surface area contributed by atoms with Gasteiger partial charge < -0.3 is 19.1 Å². The van der Waals surface area contributed by atoms with Crippen LogP contribution >= 0.6 is 0 Å². The summed E-state index contributed by atoms with van der Waals surface area (Å²) >= 11 is 0. The minimum atomic E-state index is -1.15. The summed E-state index contributed by atoms with van der Waals surface area (Å²) in [6.45, 7) is 7.63. The van der Waals surface area contributed by atoms with E-state index in [4.69, 9.17) is 14.2 Å². The molecule has 2 heterocycles. The third kappa shape index (κ3) is 4.10. The molecule has 0 N–H and O–H groups in total. The van der Waals surface area contributed by atoms with E-state index in [0.29, 0.717) is 13.1 Å². The van der Waals surface area contributed by atoms with Gasteiger partial charge in [0.05, 0.1) is 24.8 Å². The fourth-order valence-electron chi connectivity index (χ4n) is 4.47. The fourth-order valence-corrected chi connectivity index (χ4v) is 4.47. The Balaban J connectivity index is 1.44. The van der Waals surface area contributed by atoms with Gasteiger partial charge >= 0.3 is 18.0 Å². The summed E-state index contributed by atoms with van der Waals surface area (Å²) in [7, 11) is 0. The number of benzene rings is 1. The van der Waals surface area contributed by atoms with E-state index in [1.807, 2.05) is 0 Å². The number of hydrogen-bond acceptors (Lipinski definition) is 7. The van der Waals surface area contributed by atoms with Gasteiger partial charge in [-0.2, -0.15) is 0 Å². The van der Waals surface area contributed by atoms with Crippen molar-refractivity contribution >= 4 is 29.4 Å². The molecule has 0 aromatic heterocycles. The largest absolute Gasteiger partial charge is 0.463 e. The monoisotopic (exact) mass is 452 g/mol. The van der Waals surface area contributed by atoms with Crippen molar-refractivity contribution in [2.75, 3.05) is 36.0 Å². The van der Waals surface area contributed by atoms with E-state index in [1.165, 1.54) is 0 Å². The number of fused-ring (bicyclic) bond motifs is 1. The zero-order valence-corrected chi connectivity index (χ0v) is 18.4. The molecule has 8 nitrogen and oxygen atoms in total. The number of anilines is 2. The van der Waals surface area contributed by atoms with Gasteiger partial charge in [-0.25, -0.2) is 18.4 Å². The quantitative estimate of drug-likeness (QED) is 0.502. The minimum absolute atomic E-state index is 0.00206. The molecule has 3 atom stereocenters. The number of carbonyl (C=O) groups is 3. The lowest BCUT2D eigenvalue weighted by Gasteiger charge is -2.25. The molecule has 3 unspecified atom stereocenters. The molecule has 2 saturated heterocycles. The summed E-state index contributed by atoms with van der Waals surface area (Å²) in [4.78, 5) is 38.8. The Morgan fingerprint density at radius 1 is 1.09 bits per heavy atom. The van der Waals surface area contributed by atoms with Crippen LogP contribution in [-0.2, 0) is 23.8 Å². The first-order valence-electron chi connectivity index (χ1n) is 10.6. The maximum Gasteiger partial charge on any atom is 0.415 e. The molecule has 0 spiro atoms. The molecule has 174 valence electrons. The van der Waals surface area contributed by atoms with E-state index in [-0.39, 0.29) is 48.2 Å². The molecule has 2 aliphatic heterocycles. The van der Waals surface area contributed by atoms with Gasteiger partial charge in [0, 0.05) is 25.2 Å². The van der Waals surface area contributed by atoms with Gasteiger partial charge in [0.15, 0.2) is 11.6 Å². The van der Waals surface area contributed by atoms with E-state index in [0.717, 1.165) is 17.0 Å². The highest BCUT2D eigenvalue weighted by Crippen LogP contribution is 2.54. The molecule has 0 bridgehead atoms. The van der Waals surface area contributed by atoms with Crippen molar-refractivity contribution in [2.45, 2.75) is 39.4 Å². The molecular weight excluding hydrogens is 426 g/mol. The summed E-state index contributed by atoms with van der Waals surface area (Å²) in [6.07, 6.45) is -2.03. The molecule has 3 fully saturated rings. The standard InChI is InChI=1S/C22H26F2N2O6/c1-5-30-19(27)16-10-26(21(29)31-16)11-6-14(23)18(15(24)7-11)25-8-12-13(9-25)17(12)20(28)32-22(2,3)4/h6-7,12-13,16-17H,5,8-10H2,1-4H3. The molecule has 4 rings (SSSR count). The maximum absolute atomic E-state index is 14.9. The van der Waals surface area contributed by atoms with E-state index >= 15 is 0 Å². The SMILES string of the molecule is CCOC(=O)C1CN(c2cc(F)c(N3CC4C(C3)C4C(=O)OC(C)(C)C)c(F)c2)C(=O)O1. The summed E-state index contributed by atoms with van der Waals surface area (Å²) in [6, 6.07) is 2.09. The van der Waals surface area contributed by atoms with Crippen LogP contribution in [0.25, 0.3) is 0 Å². The van der Waals surface area contributed by atoms with Gasteiger partial charge in [0.2, 0.25) is 6.10 Å². The van der Waals surface area contributed by atoms with Gasteiger partial charge in [0.25, 0.3) is 0 Å². The number of ether oxygens (including phenoxy) is 3. The lowest BCUT2D eigenvalue weighted by molar-refractivity contribution is -0.157. The van der Waals surface area contributed by atoms with Crippen LogP contribution in [0.2, 0.25) is 0 Å². The second-order valence-electron chi connectivity index (χ2n) is 9.29. The Kier molecular flexibility index (Phi) is 5.50. The van der Waals surface area contributed by atoms with Crippen LogP contribution in [0.5, 0.6) is 0 Å². The van der Waals surface area contributed by atoms with Crippen molar-refractivity contribution in [1.82, 2.24) is 0 Å². The van der Waals surface area contributed by atoms with Crippen LogP contribution in [0.1, 0.15) is 27.7 Å². The molecule has 1 amide bonds. The van der Waals surface area contributed by atoms with E-state index < -0.39 is 35.4 Å². The summed E-state index contributed by atoms with van der Waals surface area (Å²) < 4.78 is 45.0. The van der Waals surface area contributed by atoms with Crippen LogP contribution in [0.3, 0.4) is 0 Å². The van der Waals surface area contributed by atoms with Crippen LogP contribution in [0.15, 0.2) is 12.1 Å². The number of rotatable bonds is 5. The highest BCUT2D eigenvalue weighted by Gasteiger charge is 2.61. The van der Waals surface area contributed by atoms with Gasteiger partial charge in [-0.05, 0) is 39.5 Å². The van der Waals surface area contributed by atoms with Crippen molar-refractivity contribution in [1.29, 1.82) is 0 Å². The number of amides is 1. The zero-order chi connectivity index (χ0) is 23.4. The van der Waals surface area contributed by atoms with E-state index in [9.17, 15) is 23.2 Å². The Hall–Kier alpha value is -2.91. The van der Waals surface area contributed by atoms with Gasteiger partial charge in [0.1, 0.15) is 11.3 Å². The first-order valence-corrected chi connectivity index (χ1v) is 10.6. The molecule has 1 aliphatic carbocycles. The maximum atomic E-state index is 14.9. The van der Waals surface area contributed by atoms with E-state index in [1.54, 1.807) is 32.6 Å². The lowest BCUT2D eigenvalue weighted by Crippen LogP contribution is -2.31. The fraction of sp³-hybridized carbons (Fsp3) is 0.591. The average Bonchev–Trinajstić information content (AvgIpc) is 2.99. The van der Waals surface area contributed by atoms with Gasteiger partial charge in [-0.15, -0.1) is 0 Å². The highest BCUT2D eigenvalue weighted by atomic mass is 19.1. The van der Waals surface area contributed by atoms with Gasteiger partial charge in [-0.3, -0.25) is 9.69 Å². The first-order chi connectivity index (χ1) is 15.0. The average molecular weight is 452 g/mol. The van der Waals surface area contributed by atoms with Crippen LogP contribution in [0.4, 0.5) is 25.0 Å². The van der Waals surface area contributed by atoms with Gasteiger partial charge in [-0.1, -0.05) is 0 Å². The molecule has 1 saturated carbocycles. The highest BCUT2D eigenvalue weighted by molar-refractivity contribution is 5.94. The third-order valence-corrected chi connectivity index (χ3v) is 5.86. The van der Waals surface area contributed by atoms with Crippen LogP contribution in [0, 0.1) is 29.4 Å². The summed E-state index contributed by atoms with van der Waals surface area (Å²) in [5, 5.41) is 0. The van der Waals surface area contributed by atoms with E-state index in [2.05, 4.69) is 0 Å². The lowest BCUT2D eigenvalue weighted by atomic mass is 10.1.